The first-order chi connectivity index (χ1) is 10.6. The molecule has 1 aromatic heterocycles. The Hall–Kier alpha value is -2.08. The van der Waals surface area contributed by atoms with Crippen LogP contribution in [0.2, 0.25) is 0 Å². The molecule has 1 aromatic carbocycles. The molecule has 0 saturated heterocycles. The maximum Gasteiger partial charge on any atom is 0.254 e. The summed E-state index contributed by atoms with van der Waals surface area (Å²) in [5, 5.41) is 3.60. The van der Waals surface area contributed by atoms with Crippen molar-refractivity contribution in [2.24, 2.45) is 0 Å². The zero-order valence-electron chi connectivity index (χ0n) is 12.9. The van der Waals surface area contributed by atoms with Gasteiger partial charge in [0.15, 0.2) is 5.16 Å². The molecule has 0 aliphatic rings. The Morgan fingerprint density at radius 1 is 1.32 bits per heavy atom. The fraction of sp³-hybridized carbons (Fsp3) is 0.312. The quantitative estimate of drug-likeness (QED) is 0.655. The van der Waals surface area contributed by atoms with Gasteiger partial charge in [0.05, 0.1) is 12.7 Å². The number of para-hydroxylation sites is 1. The second-order valence-corrected chi connectivity index (χ2v) is 5.62. The average molecular weight is 317 g/mol. The standard InChI is InChI=1S/C16H19N3O2S/c1-11(8-12-6-4-5-7-14(12)21-2)19-15(20)13-9-17-16(22-3)18-10-13/h4-7,9-11H,8H2,1-3H3,(H,19,20)/t11-/m0/s1. The van der Waals surface area contributed by atoms with Gasteiger partial charge in [-0.2, -0.15) is 0 Å². The van der Waals surface area contributed by atoms with Crippen molar-refractivity contribution >= 4 is 17.7 Å². The smallest absolute Gasteiger partial charge is 0.254 e. The Balaban J connectivity index is 1.98. The molecule has 1 heterocycles. The minimum atomic E-state index is -0.171. The summed E-state index contributed by atoms with van der Waals surface area (Å²) in [6.45, 7) is 1.96. The minimum absolute atomic E-state index is 0.0240. The number of ether oxygens (including phenoxy) is 1. The molecule has 1 atom stereocenters. The number of amides is 1. The van der Waals surface area contributed by atoms with Crippen LogP contribution in [-0.4, -0.2) is 35.3 Å². The number of carbonyl (C=O) groups excluding carboxylic acids is 1. The lowest BCUT2D eigenvalue weighted by Crippen LogP contribution is -2.34. The molecule has 0 bridgehead atoms. The number of hydrogen-bond donors (Lipinski definition) is 1. The highest BCUT2D eigenvalue weighted by Crippen LogP contribution is 2.19. The van der Waals surface area contributed by atoms with Crippen LogP contribution in [0.15, 0.2) is 41.8 Å². The van der Waals surface area contributed by atoms with Crippen LogP contribution in [0.5, 0.6) is 5.75 Å². The number of thioether (sulfide) groups is 1. The van der Waals surface area contributed by atoms with E-state index >= 15 is 0 Å². The predicted molar refractivity (Wildman–Crippen MR) is 87.4 cm³/mol. The molecule has 116 valence electrons. The largest absolute Gasteiger partial charge is 0.496 e. The van der Waals surface area contributed by atoms with Gasteiger partial charge in [-0.25, -0.2) is 9.97 Å². The van der Waals surface area contributed by atoms with Crippen molar-refractivity contribution < 1.29 is 9.53 Å². The molecule has 0 spiro atoms. The maximum atomic E-state index is 12.2. The summed E-state index contributed by atoms with van der Waals surface area (Å²) >= 11 is 1.44. The number of rotatable bonds is 6. The van der Waals surface area contributed by atoms with Crippen molar-refractivity contribution in [1.82, 2.24) is 15.3 Å². The lowest BCUT2D eigenvalue weighted by molar-refractivity contribution is 0.0939. The van der Waals surface area contributed by atoms with Crippen molar-refractivity contribution in [2.75, 3.05) is 13.4 Å². The van der Waals surface area contributed by atoms with Gasteiger partial charge in [0.2, 0.25) is 0 Å². The molecule has 0 fully saturated rings. The second-order valence-electron chi connectivity index (χ2n) is 4.85. The zero-order valence-corrected chi connectivity index (χ0v) is 13.7. The van der Waals surface area contributed by atoms with Gasteiger partial charge in [-0.3, -0.25) is 4.79 Å². The first kappa shape index (κ1) is 16.3. The summed E-state index contributed by atoms with van der Waals surface area (Å²) < 4.78 is 5.33. The van der Waals surface area contributed by atoms with Crippen LogP contribution in [0.3, 0.4) is 0 Å². The van der Waals surface area contributed by atoms with Crippen LogP contribution in [0.4, 0.5) is 0 Å². The Bertz CT molecular complexity index is 632. The first-order valence-electron chi connectivity index (χ1n) is 6.93. The number of nitrogens with zero attached hydrogens (tertiary/aromatic N) is 2. The van der Waals surface area contributed by atoms with Crippen LogP contribution >= 0.6 is 11.8 Å². The van der Waals surface area contributed by atoms with Crippen LogP contribution in [0, 0.1) is 0 Å². The number of nitrogens with one attached hydrogen (secondary N) is 1. The molecule has 6 heteroatoms. The molecule has 5 nitrogen and oxygen atoms in total. The Morgan fingerprint density at radius 2 is 2.00 bits per heavy atom. The van der Waals surface area contributed by atoms with Gasteiger partial charge in [0.25, 0.3) is 5.91 Å². The summed E-state index contributed by atoms with van der Waals surface area (Å²) in [5.41, 5.74) is 1.52. The van der Waals surface area contributed by atoms with Crippen molar-refractivity contribution in [2.45, 2.75) is 24.5 Å². The van der Waals surface area contributed by atoms with Crippen molar-refractivity contribution in [3.8, 4) is 5.75 Å². The number of carbonyl (C=O) groups is 1. The van der Waals surface area contributed by atoms with E-state index in [9.17, 15) is 4.79 Å². The number of benzene rings is 1. The highest BCUT2D eigenvalue weighted by Gasteiger charge is 2.13. The van der Waals surface area contributed by atoms with Gasteiger partial charge in [-0.05, 0) is 31.2 Å². The average Bonchev–Trinajstić information content (AvgIpc) is 2.55. The topological polar surface area (TPSA) is 64.1 Å². The number of methoxy groups -OCH3 is 1. The fourth-order valence-electron chi connectivity index (χ4n) is 2.10. The number of aromatic nitrogens is 2. The molecule has 22 heavy (non-hydrogen) atoms. The predicted octanol–water partition coefficient (Wildman–Crippen LogP) is 2.57. The van der Waals surface area contributed by atoms with Crippen molar-refractivity contribution in [3.63, 3.8) is 0 Å². The molecule has 1 amide bonds. The monoisotopic (exact) mass is 317 g/mol. The summed E-state index contributed by atoms with van der Waals surface area (Å²) in [5.74, 6) is 0.659. The van der Waals surface area contributed by atoms with E-state index in [4.69, 9.17) is 4.74 Å². The highest BCUT2D eigenvalue weighted by molar-refractivity contribution is 7.98. The Labute approximate surface area is 134 Å². The fourth-order valence-corrected chi connectivity index (χ4v) is 2.41. The lowest BCUT2D eigenvalue weighted by Gasteiger charge is -2.15. The Kier molecular flexibility index (Phi) is 5.77. The van der Waals surface area contributed by atoms with E-state index in [2.05, 4.69) is 15.3 Å². The third kappa shape index (κ3) is 4.21. The molecule has 2 aromatic rings. The Morgan fingerprint density at radius 3 is 2.64 bits per heavy atom. The van der Waals surface area contributed by atoms with Gasteiger partial charge in [0, 0.05) is 18.4 Å². The molecule has 0 radical (unpaired) electrons. The van der Waals surface area contributed by atoms with Gasteiger partial charge in [0.1, 0.15) is 5.75 Å². The van der Waals surface area contributed by atoms with E-state index in [0.29, 0.717) is 17.1 Å². The molecule has 2 rings (SSSR count). The van der Waals surface area contributed by atoms with Crippen LogP contribution in [0.25, 0.3) is 0 Å². The zero-order chi connectivity index (χ0) is 15.9. The first-order valence-corrected chi connectivity index (χ1v) is 8.15. The van der Waals surface area contributed by atoms with Crippen molar-refractivity contribution in [3.05, 3.63) is 47.8 Å². The molecule has 1 N–H and O–H groups in total. The van der Waals surface area contributed by atoms with E-state index in [1.807, 2.05) is 37.4 Å². The summed E-state index contributed by atoms with van der Waals surface area (Å²) in [6.07, 6.45) is 5.68. The van der Waals surface area contributed by atoms with Gasteiger partial charge < -0.3 is 10.1 Å². The van der Waals surface area contributed by atoms with Gasteiger partial charge >= 0.3 is 0 Å². The molecule has 0 aliphatic carbocycles. The second kappa shape index (κ2) is 7.79. The van der Waals surface area contributed by atoms with Crippen LogP contribution in [-0.2, 0) is 6.42 Å². The molecular formula is C16H19N3O2S. The third-order valence-corrected chi connectivity index (χ3v) is 3.74. The van der Waals surface area contributed by atoms with E-state index in [1.165, 1.54) is 11.8 Å². The highest BCUT2D eigenvalue weighted by atomic mass is 32.2. The van der Waals surface area contributed by atoms with Crippen LogP contribution in [0.1, 0.15) is 22.8 Å². The number of hydrogen-bond acceptors (Lipinski definition) is 5. The molecule has 0 saturated carbocycles. The van der Waals surface area contributed by atoms with Crippen LogP contribution < -0.4 is 10.1 Å². The summed E-state index contributed by atoms with van der Waals surface area (Å²) in [6, 6.07) is 7.78. The lowest BCUT2D eigenvalue weighted by atomic mass is 10.1. The van der Waals surface area contributed by atoms with E-state index in [0.717, 1.165) is 11.3 Å². The summed E-state index contributed by atoms with van der Waals surface area (Å²) in [7, 11) is 1.65. The SMILES string of the molecule is COc1ccccc1C[C@H](C)NC(=O)c1cnc(SC)nc1. The normalized spacial score (nSPS) is 11.8. The maximum absolute atomic E-state index is 12.2. The van der Waals surface area contributed by atoms with Gasteiger partial charge in [-0.1, -0.05) is 30.0 Å². The molecular weight excluding hydrogens is 298 g/mol. The van der Waals surface area contributed by atoms with E-state index in [1.54, 1.807) is 19.5 Å². The molecule has 0 unspecified atom stereocenters. The molecule has 0 aliphatic heterocycles. The van der Waals surface area contributed by atoms with Gasteiger partial charge in [-0.15, -0.1) is 0 Å². The van der Waals surface area contributed by atoms with Crippen molar-refractivity contribution in [1.29, 1.82) is 0 Å². The third-order valence-electron chi connectivity index (χ3n) is 3.17. The van der Waals surface area contributed by atoms with E-state index < -0.39 is 0 Å². The summed E-state index contributed by atoms with van der Waals surface area (Å²) in [4.78, 5) is 20.4. The van der Waals surface area contributed by atoms with E-state index in [-0.39, 0.29) is 11.9 Å². The minimum Gasteiger partial charge on any atom is -0.496 e.